The topological polar surface area (TPSA) is 67.4 Å². The maximum Gasteiger partial charge on any atom is 0.254 e. The number of nitrogens with one attached hydrogen (secondary N) is 1. The molecule has 114 valence electrons. The fourth-order valence-corrected chi connectivity index (χ4v) is 2.49. The van der Waals surface area contributed by atoms with Crippen LogP contribution in [0.3, 0.4) is 0 Å². The van der Waals surface area contributed by atoms with Crippen LogP contribution in [0.2, 0.25) is 0 Å². The molecule has 1 fully saturated rings. The Morgan fingerprint density at radius 3 is 3.05 bits per heavy atom. The van der Waals surface area contributed by atoms with Crippen molar-refractivity contribution in [3.63, 3.8) is 0 Å². The lowest BCUT2D eigenvalue weighted by atomic mass is 10.1. The summed E-state index contributed by atoms with van der Waals surface area (Å²) in [7, 11) is 1.84. The molecule has 1 saturated heterocycles. The monoisotopic (exact) mass is 298 g/mol. The third-order valence-electron chi connectivity index (χ3n) is 3.75. The van der Waals surface area contributed by atoms with Crippen molar-refractivity contribution in [3.05, 3.63) is 48.4 Å². The summed E-state index contributed by atoms with van der Waals surface area (Å²) in [6, 6.07) is 7.38. The first-order chi connectivity index (χ1) is 10.7. The lowest BCUT2D eigenvalue weighted by Crippen LogP contribution is -2.38. The summed E-state index contributed by atoms with van der Waals surface area (Å²) in [6.07, 6.45) is 5.66. The number of aromatic nitrogens is 2. The van der Waals surface area contributed by atoms with Gasteiger partial charge in [-0.25, -0.2) is 4.98 Å². The Labute approximate surface area is 129 Å². The predicted octanol–water partition coefficient (Wildman–Crippen LogP) is 1.70. The number of carbonyl (C=O) groups is 1. The van der Waals surface area contributed by atoms with Gasteiger partial charge in [0.2, 0.25) is 5.88 Å². The minimum Gasteiger partial charge on any atom is -0.437 e. The zero-order chi connectivity index (χ0) is 15.4. The van der Waals surface area contributed by atoms with Crippen LogP contribution in [0.15, 0.2) is 42.9 Å². The molecule has 0 aliphatic carbocycles. The molecule has 22 heavy (non-hydrogen) atoms. The molecule has 0 saturated carbocycles. The number of hydrogen-bond donors (Lipinski definition) is 1. The molecule has 0 unspecified atom stereocenters. The van der Waals surface area contributed by atoms with Crippen molar-refractivity contribution in [1.29, 1.82) is 0 Å². The molecule has 0 radical (unpaired) electrons. The van der Waals surface area contributed by atoms with Crippen molar-refractivity contribution in [2.75, 3.05) is 20.1 Å². The van der Waals surface area contributed by atoms with E-state index in [0.717, 1.165) is 19.5 Å². The van der Waals surface area contributed by atoms with E-state index in [4.69, 9.17) is 4.74 Å². The fraction of sp³-hybridized carbons (Fsp3) is 0.312. The zero-order valence-electron chi connectivity index (χ0n) is 12.4. The normalized spacial score (nSPS) is 17.2. The summed E-state index contributed by atoms with van der Waals surface area (Å²) in [5.41, 5.74) is 0.607. The molecule has 1 aliphatic heterocycles. The van der Waals surface area contributed by atoms with Gasteiger partial charge in [0, 0.05) is 37.6 Å². The highest BCUT2D eigenvalue weighted by atomic mass is 16.5. The first kappa shape index (κ1) is 14.5. The average Bonchev–Trinajstić information content (AvgIpc) is 3.09. The summed E-state index contributed by atoms with van der Waals surface area (Å²) in [4.78, 5) is 22.4. The quantitative estimate of drug-likeness (QED) is 0.930. The number of amides is 1. The Bertz CT molecular complexity index is 642. The number of benzene rings is 1. The third kappa shape index (κ3) is 3.23. The smallest absolute Gasteiger partial charge is 0.254 e. The first-order valence-electron chi connectivity index (χ1n) is 7.26. The van der Waals surface area contributed by atoms with Gasteiger partial charge in [-0.3, -0.25) is 9.78 Å². The Hall–Kier alpha value is -2.47. The molecule has 1 aromatic carbocycles. The van der Waals surface area contributed by atoms with E-state index in [9.17, 15) is 4.79 Å². The van der Waals surface area contributed by atoms with Crippen molar-refractivity contribution in [1.82, 2.24) is 20.2 Å². The number of likely N-dealkylation sites (N-methyl/N-ethyl adjacent to an activating group) is 1. The minimum absolute atomic E-state index is 0.00158. The Morgan fingerprint density at radius 1 is 1.41 bits per heavy atom. The standard InChI is InChI=1S/C16H18N4O2/c1-20(13-5-6-17-10-13)16(21)12-3-2-4-14(9-12)22-15-11-18-7-8-19-15/h2-4,7-9,11,13,17H,5-6,10H2,1H3/t13-/m1/s1. The van der Waals surface area contributed by atoms with Gasteiger partial charge in [0.25, 0.3) is 5.91 Å². The lowest BCUT2D eigenvalue weighted by molar-refractivity contribution is 0.0743. The summed E-state index contributed by atoms with van der Waals surface area (Å²) >= 11 is 0. The molecule has 2 heterocycles. The van der Waals surface area contributed by atoms with Crippen molar-refractivity contribution < 1.29 is 9.53 Å². The van der Waals surface area contributed by atoms with E-state index in [2.05, 4.69) is 15.3 Å². The van der Waals surface area contributed by atoms with Crippen molar-refractivity contribution in [2.24, 2.45) is 0 Å². The zero-order valence-corrected chi connectivity index (χ0v) is 12.4. The van der Waals surface area contributed by atoms with Crippen LogP contribution in [0.5, 0.6) is 11.6 Å². The highest BCUT2D eigenvalue weighted by molar-refractivity contribution is 5.94. The number of rotatable bonds is 4. The van der Waals surface area contributed by atoms with Crippen LogP contribution in [0, 0.1) is 0 Å². The van der Waals surface area contributed by atoms with Crippen LogP contribution in [-0.4, -0.2) is 47.0 Å². The van der Waals surface area contributed by atoms with Gasteiger partial charge in [-0.15, -0.1) is 0 Å². The molecule has 1 aliphatic rings. The van der Waals surface area contributed by atoms with Gasteiger partial charge in [-0.05, 0) is 31.2 Å². The van der Waals surface area contributed by atoms with E-state index < -0.39 is 0 Å². The molecular formula is C16H18N4O2. The second kappa shape index (κ2) is 6.53. The molecule has 2 aromatic rings. The molecule has 6 nitrogen and oxygen atoms in total. The van der Waals surface area contributed by atoms with E-state index in [1.54, 1.807) is 41.6 Å². The largest absolute Gasteiger partial charge is 0.437 e. The summed E-state index contributed by atoms with van der Waals surface area (Å²) in [5.74, 6) is 0.975. The van der Waals surface area contributed by atoms with Crippen LogP contribution in [0.4, 0.5) is 0 Å². The van der Waals surface area contributed by atoms with Gasteiger partial charge in [0.15, 0.2) is 0 Å². The van der Waals surface area contributed by atoms with E-state index in [0.29, 0.717) is 17.2 Å². The van der Waals surface area contributed by atoms with Crippen LogP contribution in [0.25, 0.3) is 0 Å². The molecule has 0 bridgehead atoms. The molecule has 6 heteroatoms. The van der Waals surface area contributed by atoms with E-state index in [1.807, 2.05) is 7.05 Å². The molecule has 1 aromatic heterocycles. The highest BCUT2D eigenvalue weighted by Crippen LogP contribution is 2.21. The van der Waals surface area contributed by atoms with Gasteiger partial charge in [-0.1, -0.05) is 6.07 Å². The van der Waals surface area contributed by atoms with E-state index >= 15 is 0 Å². The number of nitrogens with zero attached hydrogens (tertiary/aromatic N) is 3. The minimum atomic E-state index is -0.00158. The van der Waals surface area contributed by atoms with Gasteiger partial charge < -0.3 is 15.0 Å². The second-order valence-corrected chi connectivity index (χ2v) is 5.24. The third-order valence-corrected chi connectivity index (χ3v) is 3.75. The van der Waals surface area contributed by atoms with Crippen molar-refractivity contribution in [3.8, 4) is 11.6 Å². The van der Waals surface area contributed by atoms with E-state index in [1.165, 1.54) is 6.20 Å². The van der Waals surface area contributed by atoms with Crippen LogP contribution >= 0.6 is 0 Å². The second-order valence-electron chi connectivity index (χ2n) is 5.24. The molecule has 1 atom stereocenters. The Morgan fingerprint density at radius 2 is 2.32 bits per heavy atom. The maximum absolute atomic E-state index is 12.6. The van der Waals surface area contributed by atoms with Gasteiger partial charge >= 0.3 is 0 Å². The summed E-state index contributed by atoms with van der Waals surface area (Å²) in [6.45, 7) is 1.80. The van der Waals surface area contributed by atoms with Crippen LogP contribution < -0.4 is 10.1 Å². The van der Waals surface area contributed by atoms with Crippen molar-refractivity contribution in [2.45, 2.75) is 12.5 Å². The number of hydrogen-bond acceptors (Lipinski definition) is 5. The first-order valence-corrected chi connectivity index (χ1v) is 7.26. The molecule has 1 N–H and O–H groups in total. The lowest BCUT2D eigenvalue weighted by Gasteiger charge is -2.24. The molecular weight excluding hydrogens is 280 g/mol. The van der Waals surface area contributed by atoms with Gasteiger partial charge in [0.1, 0.15) is 5.75 Å². The Kier molecular flexibility index (Phi) is 4.29. The molecule has 3 rings (SSSR count). The van der Waals surface area contributed by atoms with Crippen LogP contribution in [0.1, 0.15) is 16.8 Å². The van der Waals surface area contributed by atoms with E-state index in [-0.39, 0.29) is 11.9 Å². The van der Waals surface area contributed by atoms with Crippen LogP contribution in [-0.2, 0) is 0 Å². The predicted molar refractivity (Wildman–Crippen MR) is 81.9 cm³/mol. The SMILES string of the molecule is CN(C(=O)c1cccc(Oc2cnccn2)c1)[C@@H]1CCNC1. The number of ether oxygens (including phenoxy) is 1. The van der Waals surface area contributed by atoms with Gasteiger partial charge in [-0.2, -0.15) is 0 Å². The van der Waals surface area contributed by atoms with Gasteiger partial charge in [0.05, 0.1) is 6.20 Å². The molecule has 1 amide bonds. The fourth-order valence-electron chi connectivity index (χ4n) is 2.49. The van der Waals surface area contributed by atoms with Crippen molar-refractivity contribution >= 4 is 5.91 Å². The Balaban J connectivity index is 1.74. The molecule has 0 spiro atoms. The highest BCUT2D eigenvalue weighted by Gasteiger charge is 2.24. The number of carbonyl (C=O) groups excluding carboxylic acids is 1. The maximum atomic E-state index is 12.6. The summed E-state index contributed by atoms with van der Waals surface area (Å²) < 4.78 is 5.62. The summed E-state index contributed by atoms with van der Waals surface area (Å²) in [5, 5.41) is 3.27. The average molecular weight is 298 g/mol.